The highest BCUT2D eigenvalue weighted by Crippen LogP contribution is 2.23. The predicted molar refractivity (Wildman–Crippen MR) is 117 cm³/mol. The molecule has 0 aromatic heterocycles. The Morgan fingerprint density at radius 2 is 1.71 bits per heavy atom. The summed E-state index contributed by atoms with van der Waals surface area (Å²) >= 11 is 1.90. The monoisotopic (exact) mass is 396 g/mol. The maximum atomic E-state index is 12.5. The van der Waals surface area contributed by atoms with Crippen molar-refractivity contribution < 1.29 is 9.59 Å². The lowest BCUT2D eigenvalue weighted by Crippen LogP contribution is -2.38. The molecule has 1 saturated heterocycles. The van der Waals surface area contributed by atoms with Crippen LogP contribution in [0.15, 0.2) is 54.6 Å². The number of rotatable bonds is 7. The van der Waals surface area contributed by atoms with Gasteiger partial charge in [0.25, 0.3) is 0 Å². The van der Waals surface area contributed by atoms with Crippen molar-refractivity contribution in [1.29, 1.82) is 0 Å². The molecule has 0 bridgehead atoms. The molecule has 1 aliphatic heterocycles. The molecular weight excluding hydrogens is 368 g/mol. The highest BCUT2D eigenvalue weighted by Gasteiger charge is 2.17. The lowest BCUT2D eigenvalue weighted by Gasteiger charge is -2.26. The molecule has 5 heteroatoms. The van der Waals surface area contributed by atoms with Crippen LogP contribution in [0.1, 0.15) is 36.8 Å². The lowest BCUT2D eigenvalue weighted by atomic mass is 9.93. The average Bonchev–Trinajstić information content (AvgIpc) is 2.74. The van der Waals surface area contributed by atoms with Crippen LogP contribution in [-0.2, 0) is 16.0 Å². The number of nitrogens with zero attached hydrogens (tertiary/aromatic N) is 1. The van der Waals surface area contributed by atoms with Crippen LogP contribution in [0.5, 0.6) is 0 Å². The van der Waals surface area contributed by atoms with Crippen molar-refractivity contribution in [3.8, 4) is 0 Å². The molecule has 0 aliphatic carbocycles. The molecule has 0 saturated carbocycles. The molecule has 2 aromatic rings. The van der Waals surface area contributed by atoms with Gasteiger partial charge in [0, 0.05) is 36.7 Å². The zero-order valence-corrected chi connectivity index (χ0v) is 17.2. The normalized spacial score (nSPS) is 15.1. The molecule has 148 valence electrons. The summed E-state index contributed by atoms with van der Waals surface area (Å²) in [6, 6.07) is 17.8. The van der Waals surface area contributed by atoms with Gasteiger partial charge < -0.3 is 10.2 Å². The Kier molecular flexibility index (Phi) is 7.54. The Bertz CT molecular complexity index is 771. The van der Waals surface area contributed by atoms with E-state index >= 15 is 0 Å². The van der Waals surface area contributed by atoms with E-state index in [2.05, 4.69) is 24.4 Å². The van der Waals surface area contributed by atoms with Crippen molar-refractivity contribution >= 4 is 29.3 Å². The van der Waals surface area contributed by atoms with Crippen molar-refractivity contribution in [2.75, 3.05) is 29.9 Å². The van der Waals surface area contributed by atoms with Crippen LogP contribution in [0.4, 0.5) is 5.69 Å². The van der Waals surface area contributed by atoms with Crippen LogP contribution in [0, 0.1) is 0 Å². The molecule has 1 heterocycles. The summed E-state index contributed by atoms with van der Waals surface area (Å²) < 4.78 is 0. The van der Waals surface area contributed by atoms with Crippen LogP contribution < -0.4 is 5.32 Å². The average molecular weight is 397 g/mol. The first-order chi connectivity index (χ1) is 13.7. The van der Waals surface area contributed by atoms with Crippen molar-refractivity contribution in [2.24, 2.45) is 0 Å². The van der Waals surface area contributed by atoms with Crippen molar-refractivity contribution in [3.63, 3.8) is 0 Å². The maximum absolute atomic E-state index is 12.5. The van der Waals surface area contributed by atoms with Crippen LogP contribution in [-0.4, -0.2) is 41.3 Å². The van der Waals surface area contributed by atoms with Gasteiger partial charge in [0.2, 0.25) is 11.8 Å². The number of benzene rings is 2. The molecule has 1 N–H and O–H groups in total. The van der Waals surface area contributed by atoms with E-state index in [1.807, 2.05) is 59.1 Å². The van der Waals surface area contributed by atoms with Gasteiger partial charge in [-0.25, -0.2) is 0 Å². The maximum Gasteiger partial charge on any atom is 0.227 e. The third-order valence-electron chi connectivity index (χ3n) is 5.15. The molecule has 0 radical (unpaired) electrons. The summed E-state index contributed by atoms with van der Waals surface area (Å²) in [6.07, 6.45) is 1.81. The van der Waals surface area contributed by atoms with E-state index in [4.69, 9.17) is 0 Å². The summed E-state index contributed by atoms with van der Waals surface area (Å²) in [5.74, 6) is 2.48. The number of carbonyl (C=O) groups is 2. The fraction of sp³-hybridized carbons (Fsp3) is 0.391. The Morgan fingerprint density at radius 1 is 1.04 bits per heavy atom. The largest absolute Gasteiger partial charge is 0.341 e. The van der Waals surface area contributed by atoms with E-state index in [1.165, 1.54) is 5.56 Å². The first-order valence-electron chi connectivity index (χ1n) is 9.95. The third-order valence-corrected chi connectivity index (χ3v) is 6.09. The van der Waals surface area contributed by atoms with Gasteiger partial charge in [-0.3, -0.25) is 9.59 Å². The summed E-state index contributed by atoms with van der Waals surface area (Å²) in [4.78, 5) is 26.8. The first-order valence-corrected chi connectivity index (χ1v) is 11.1. The summed E-state index contributed by atoms with van der Waals surface area (Å²) in [6.45, 7) is 3.80. The van der Waals surface area contributed by atoms with Crippen LogP contribution in [0.3, 0.4) is 0 Å². The number of hydrogen-bond donors (Lipinski definition) is 1. The van der Waals surface area contributed by atoms with E-state index < -0.39 is 0 Å². The molecular formula is C23H28N2O2S. The quantitative estimate of drug-likeness (QED) is 0.758. The second-order valence-corrected chi connectivity index (χ2v) is 8.36. The topological polar surface area (TPSA) is 49.4 Å². The van der Waals surface area contributed by atoms with E-state index in [-0.39, 0.29) is 17.7 Å². The van der Waals surface area contributed by atoms with E-state index in [0.717, 1.165) is 42.3 Å². The number of carbonyl (C=O) groups excluding carboxylic acids is 2. The summed E-state index contributed by atoms with van der Waals surface area (Å²) in [5.41, 5.74) is 2.96. The predicted octanol–water partition coefficient (Wildman–Crippen LogP) is 4.33. The Balaban J connectivity index is 1.52. The molecule has 2 amide bonds. The highest BCUT2D eigenvalue weighted by atomic mass is 32.2. The second-order valence-electron chi connectivity index (χ2n) is 7.14. The number of thioether (sulfide) groups is 1. The van der Waals surface area contributed by atoms with E-state index in [0.29, 0.717) is 12.8 Å². The molecule has 0 spiro atoms. The summed E-state index contributed by atoms with van der Waals surface area (Å²) in [7, 11) is 0. The second kappa shape index (κ2) is 10.3. The number of nitrogens with one attached hydrogen (secondary N) is 1. The Morgan fingerprint density at radius 3 is 2.36 bits per heavy atom. The molecule has 1 fully saturated rings. The van der Waals surface area contributed by atoms with Crippen molar-refractivity contribution in [1.82, 2.24) is 4.90 Å². The fourth-order valence-electron chi connectivity index (χ4n) is 3.46. The van der Waals surface area contributed by atoms with Gasteiger partial charge in [0.15, 0.2) is 0 Å². The number of amides is 2. The fourth-order valence-corrected chi connectivity index (χ4v) is 4.37. The minimum absolute atomic E-state index is 0.0188. The van der Waals surface area contributed by atoms with Gasteiger partial charge in [0.1, 0.15) is 0 Å². The summed E-state index contributed by atoms with van der Waals surface area (Å²) in [5, 5.41) is 2.98. The molecule has 1 unspecified atom stereocenters. The number of hydrogen-bond acceptors (Lipinski definition) is 3. The molecule has 2 aromatic carbocycles. The minimum atomic E-state index is 0.0188. The number of anilines is 1. The standard InChI is InChI=1S/C23H28N2O2S/c1-2-19(20-6-4-3-5-7-20)17-22(26)24-21-10-8-18(9-11-21)16-23(27)25-12-14-28-15-13-25/h3-11,19H,2,12-17H2,1H3,(H,24,26). The molecule has 3 rings (SSSR count). The van der Waals surface area contributed by atoms with Gasteiger partial charge in [0.05, 0.1) is 6.42 Å². The van der Waals surface area contributed by atoms with Gasteiger partial charge in [-0.15, -0.1) is 0 Å². The van der Waals surface area contributed by atoms with Crippen molar-refractivity contribution in [3.05, 3.63) is 65.7 Å². The molecule has 1 atom stereocenters. The van der Waals surface area contributed by atoms with Gasteiger partial charge in [-0.1, -0.05) is 49.4 Å². The first kappa shape index (κ1) is 20.5. The van der Waals surface area contributed by atoms with Crippen LogP contribution in [0.25, 0.3) is 0 Å². The highest BCUT2D eigenvalue weighted by molar-refractivity contribution is 7.99. The molecule has 1 aliphatic rings. The SMILES string of the molecule is CCC(CC(=O)Nc1ccc(CC(=O)N2CCSCC2)cc1)c1ccccc1. The zero-order chi connectivity index (χ0) is 19.8. The van der Waals surface area contributed by atoms with E-state index in [1.54, 1.807) is 0 Å². The van der Waals surface area contributed by atoms with Crippen LogP contribution >= 0.6 is 11.8 Å². The van der Waals surface area contributed by atoms with Crippen LogP contribution in [0.2, 0.25) is 0 Å². The van der Waals surface area contributed by atoms with Gasteiger partial charge in [-0.05, 0) is 35.6 Å². The smallest absolute Gasteiger partial charge is 0.227 e. The molecule has 28 heavy (non-hydrogen) atoms. The van der Waals surface area contributed by atoms with Crippen molar-refractivity contribution in [2.45, 2.75) is 32.1 Å². The minimum Gasteiger partial charge on any atom is -0.341 e. The third kappa shape index (κ3) is 5.86. The van der Waals surface area contributed by atoms with Gasteiger partial charge >= 0.3 is 0 Å². The Hall–Kier alpha value is -2.27. The van der Waals surface area contributed by atoms with E-state index in [9.17, 15) is 9.59 Å². The lowest BCUT2D eigenvalue weighted by molar-refractivity contribution is -0.130. The zero-order valence-electron chi connectivity index (χ0n) is 16.4. The van der Waals surface area contributed by atoms with Gasteiger partial charge in [-0.2, -0.15) is 11.8 Å². The Labute approximate surface area is 171 Å². The molecule has 4 nitrogen and oxygen atoms in total.